The molecule has 0 aliphatic heterocycles. The van der Waals surface area contributed by atoms with Gasteiger partial charge < -0.3 is 21.7 Å². The molecule has 6 heteroatoms. The number of rotatable bonds is 5. The number of halogens is 3. The van der Waals surface area contributed by atoms with Crippen molar-refractivity contribution >= 4 is 34.2 Å². The Kier molecular flexibility index (Phi) is 6.78. The Bertz CT molecular complexity index is 873. The van der Waals surface area contributed by atoms with E-state index in [4.69, 9.17) is 27.9 Å². The van der Waals surface area contributed by atoms with Gasteiger partial charge in [0.1, 0.15) is 12.3 Å². The molecule has 2 aromatic carbocycles. The fourth-order valence-corrected chi connectivity index (χ4v) is 3.63. The summed E-state index contributed by atoms with van der Waals surface area (Å²) in [6.07, 6.45) is 1.06. The van der Waals surface area contributed by atoms with Gasteiger partial charge in [-0.2, -0.15) is 0 Å². The lowest BCUT2D eigenvalue weighted by atomic mass is 10.2. The van der Waals surface area contributed by atoms with Gasteiger partial charge >= 0.3 is 0 Å². The van der Waals surface area contributed by atoms with Gasteiger partial charge in [0, 0.05) is 28.6 Å². The van der Waals surface area contributed by atoms with E-state index >= 15 is 0 Å². The van der Waals surface area contributed by atoms with Gasteiger partial charge in [-0.15, -0.1) is 0 Å². The molecule has 0 saturated carbocycles. The molecule has 0 fully saturated rings. The van der Waals surface area contributed by atoms with Crippen molar-refractivity contribution in [3.05, 3.63) is 57.8 Å². The highest BCUT2D eigenvalue weighted by Gasteiger charge is 2.23. The van der Waals surface area contributed by atoms with E-state index in [1.54, 1.807) is 7.11 Å². The molecule has 0 aliphatic rings. The fourth-order valence-electron chi connectivity index (χ4n) is 3.12. The lowest BCUT2D eigenvalue weighted by Gasteiger charge is -2.06. The van der Waals surface area contributed by atoms with Gasteiger partial charge in [0.05, 0.1) is 13.7 Å². The Morgan fingerprint density at radius 2 is 1.80 bits per heavy atom. The molecule has 25 heavy (non-hydrogen) atoms. The molecule has 0 bridgehead atoms. The third kappa shape index (κ3) is 3.81. The van der Waals surface area contributed by atoms with Gasteiger partial charge in [0.2, 0.25) is 0 Å². The van der Waals surface area contributed by atoms with Crippen molar-refractivity contribution in [3.63, 3.8) is 0 Å². The number of aryl methyl sites for hydroxylation is 1. The number of nitrogens with zero attached hydrogens (tertiary/aromatic N) is 2. The maximum absolute atomic E-state index is 6.37. The minimum atomic E-state index is 0. The summed E-state index contributed by atoms with van der Waals surface area (Å²) in [6, 6.07) is 11.8. The van der Waals surface area contributed by atoms with Gasteiger partial charge in [-0.25, -0.2) is 9.13 Å². The summed E-state index contributed by atoms with van der Waals surface area (Å²) in [6.45, 7) is 5.91. The number of aromatic nitrogens is 2. The minimum Gasteiger partial charge on any atom is -1.00 e. The van der Waals surface area contributed by atoms with Crippen molar-refractivity contribution in [2.24, 2.45) is 0 Å². The standard InChI is InChI=1S/C19H21Cl2N2O.BrH/c1-4-10-22-13(2)23(12-15-16(20)6-5-7-17(15)21)18-9-8-14(24-3)11-19(18)22;/h5-9,11H,4,10,12H2,1-3H3;1H/q+1;/p-1. The molecule has 3 aromatic rings. The average Bonchev–Trinajstić information content (AvgIpc) is 2.83. The monoisotopic (exact) mass is 442 g/mol. The Labute approximate surface area is 168 Å². The molecule has 0 spiro atoms. The largest absolute Gasteiger partial charge is 1.00 e. The first-order chi connectivity index (χ1) is 11.6. The normalized spacial score (nSPS) is 10.8. The molecule has 1 heterocycles. The molecule has 0 atom stereocenters. The van der Waals surface area contributed by atoms with E-state index < -0.39 is 0 Å². The van der Waals surface area contributed by atoms with E-state index in [2.05, 4.69) is 35.1 Å². The van der Waals surface area contributed by atoms with Crippen molar-refractivity contribution in [2.45, 2.75) is 33.4 Å². The summed E-state index contributed by atoms with van der Waals surface area (Å²) in [4.78, 5) is 0. The maximum Gasteiger partial charge on any atom is 0.254 e. The molecule has 0 saturated heterocycles. The van der Waals surface area contributed by atoms with Crippen LogP contribution in [0.4, 0.5) is 0 Å². The fraction of sp³-hybridized carbons (Fsp3) is 0.316. The Morgan fingerprint density at radius 1 is 1.12 bits per heavy atom. The van der Waals surface area contributed by atoms with E-state index in [0.29, 0.717) is 16.6 Å². The second kappa shape index (κ2) is 8.43. The van der Waals surface area contributed by atoms with Crippen LogP contribution in [0.5, 0.6) is 5.75 Å². The highest BCUT2D eigenvalue weighted by Crippen LogP contribution is 2.26. The van der Waals surface area contributed by atoms with E-state index in [1.807, 2.05) is 24.3 Å². The average molecular weight is 444 g/mol. The number of fused-ring (bicyclic) bond motifs is 1. The van der Waals surface area contributed by atoms with Crippen molar-refractivity contribution in [1.82, 2.24) is 4.57 Å². The van der Waals surface area contributed by atoms with E-state index in [0.717, 1.165) is 35.3 Å². The SMILES string of the molecule is CCCn1c(C)[n+](Cc2c(Cl)cccc2Cl)c2ccc(OC)cc21.[Br-]. The molecule has 0 aliphatic carbocycles. The molecule has 134 valence electrons. The van der Waals surface area contributed by atoms with Crippen LogP contribution in [0.25, 0.3) is 11.0 Å². The summed E-state index contributed by atoms with van der Waals surface area (Å²) >= 11 is 12.7. The van der Waals surface area contributed by atoms with Crippen LogP contribution in [0.2, 0.25) is 10.0 Å². The predicted octanol–water partition coefficient (Wildman–Crippen LogP) is 2.01. The first kappa shape index (κ1) is 20.1. The second-order valence-corrected chi connectivity index (χ2v) is 6.65. The van der Waals surface area contributed by atoms with Crippen LogP contribution in [-0.4, -0.2) is 11.7 Å². The van der Waals surface area contributed by atoms with Crippen molar-refractivity contribution in [2.75, 3.05) is 7.11 Å². The molecule has 0 N–H and O–H groups in total. The Morgan fingerprint density at radius 3 is 2.40 bits per heavy atom. The number of benzene rings is 2. The van der Waals surface area contributed by atoms with Crippen LogP contribution in [0.3, 0.4) is 0 Å². The molecule has 0 radical (unpaired) electrons. The zero-order valence-electron chi connectivity index (χ0n) is 14.5. The van der Waals surface area contributed by atoms with Crippen LogP contribution < -0.4 is 26.3 Å². The van der Waals surface area contributed by atoms with Gasteiger partial charge in [0.15, 0.2) is 11.0 Å². The number of hydrogen-bond donors (Lipinski definition) is 0. The van der Waals surface area contributed by atoms with Crippen LogP contribution in [-0.2, 0) is 13.1 Å². The number of imidazole rings is 1. The number of hydrogen-bond acceptors (Lipinski definition) is 1. The predicted molar refractivity (Wildman–Crippen MR) is 99.3 cm³/mol. The number of methoxy groups -OCH3 is 1. The quantitative estimate of drug-likeness (QED) is 0.551. The summed E-state index contributed by atoms with van der Waals surface area (Å²) in [7, 11) is 1.69. The van der Waals surface area contributed by atoms with E-state index in [9.17, 15) is 0 Å². The second-order valence-electron chi connectivity index (χ2n) is 5.84. The van der Waals surface area contributed by atoms with E-state index in [1.165, 1.54) is 5.82 Å². The topological polar surface area (TPSA) is 18.0 Å². The van der Waals surface area contributed by atoms with Crippen LogP contribution in [0.1, 0.15) is 24.7 Å². The molecule has 1 aromatic heterocycles. The third-order valence-corrected chi connectivity index (χ3v) is 5.08. The van der Waals surface area contributed by atoms with Crippen molar-refractivity contribution < 1.29 is 26.3 Å². The molecular formula is C19H21BrCl2N2O. The van der Waals surface area contributed by atoms with Crippen LogP contribution in [0, 0.1) is 6.92 Å². The lowest BCUT2D eigenvalue weighted by molar-refractivity contribution is -0.669. The minimum absolute atomic E-state index is 0. The summed E-state index contributed by atoms with van der Waals surface area (Å²) < 4.78 is 9.98. The third-order valence-electron chi connectivity index (χ3n) is 4.37. The number of ether oxygens (including phenoxy) is 1. The lowest BCUT2D eigenvalue weighted by Crippen LogP contribution is -3.00. The smallest absolute Gasteiger partial charge is 0.254 e. The van der Waals surface area contributed by atoms with E-state index in [-0.39, 0.29) is 17.0 Å². The molecule has 0 unspecified atom stereocenters. The van der Waals surface area contributed by atoms with Crippen LogP contribution in [0.15, 0.2) is 36.4 Å². The summed E-state index contributed by atoms with van der Waals surface area (Å²) in [5.41, 5.74) is 3.26. The molecule has 3 rings (SSSR count). The Balaban J connectivity index is 0.00000225. The van der Waals surface area contributed by atoms with Gasteiger partial charge in [-0.3, -0.25) is 0 Å². The van der Waals surface area contributed by atoms with Gasteiger partial charge in [0.25, 0.3) is 5.82 Å². The highest BCUT2D eigenvalue weighted by molar-refractivity contribution is 6.35. The molecule has 0 amide bonds. The Hall–Kier alpha value is -1.23. The summed E-state index contributed by atoms with van der Waals surface area (Å²) in [5, 5.41) is 1.39. The van der Waals surface area contributed by atoms with Gasteiger partial charge in [-0.1, -0.05) is 36.2 Å². The van der Waals surface area contributed by atoms with Crippen molar-refractivity contribution in [1.29, 1.82) is 0 Å². The molecule has 3 nitrogen and oxygen atoms in total. The first-order valence-corrected chi connectivity index (χ1v) is 8.82. The molecular weight excluding hydrogens is 423 g/mol. The maximum atomic E-state index is 6.37. The van der Waals surface area contributed by atoms with Crippen LogP contribution >= 0.6 is 23.2 Å². The summed E-state index contributed by atoms with van der Waals surface area (Å²) in [5.74, 6) is 2.04. The highest BCUT2D eigenvalue weighted by atomic mass is 79.9. The van der Waals surface area contributed by atoms with Crippen molar-refractivity contribution in [3.8, 4) is 5.75 Å². The van der Waals surface area contributed by atoms with Gasteiger partial charge in [-0.05, 0) is 30.7 Å². The zero-order valence-corrected chi connectivity index (χ0v) is 17.6. The zero-order chi connectivity index (χ0) is 17.3. The first-order valence-electron chi connectivity index (χ1n) is 8.06.